The van der Waals surface area contributed by atoms with Crippen LogP contribution in [0.2, 0.25) is 5.02 Å². The Bertz CT molecular complexity index is 420. The zero-order chi connectivity index (χ0) is 13.5. The van der Waals surface area contributed by atoms with Crippen molar-refractivity contribution in [2.45, 2.75) is 26.7 Å². The molecule has 0 heterocycles. The molecule has 5 heteroatoms. The van der Waals surface area contributed by atoms with Crippen molar-refractivity contribution < 1.29 is 4.79 Å². The Morgan fingerprint density at radius 2 is 2.00 bits per heavy atom. The van der Waals surface area contributed by atoms with Crippen LogP contribution in [0.5, 0.6) is 0 Å². The molecule has 0 spiro atoms. The van der Waals surface area contributed by atoms with Gasteiger partial charge in [0.2, 0.25) is 5.91 Å². The monoisotopic (exact) mass is 284 g/mol. The molecular weight excluding hydrogens is 268 g/mol. The second-order valence-corrected chi connectivity index (χ2v) is 5.07. The molecule has 1 amide bonds. The molecule has 1 atom stereocenters. The number of benzene rings is 1. The normalized spacial score (nSPS) is 11.7. The minimum Gasteiger partial charge on any atom is -0.332 e. The van der Waals surface area contributed by atoms with Crippen molar-refractivity contribution in [3.05, 3.63) is 29.3 Å². The Morgan fingerprint density at radius 1 is 1.39 bits per heavy atom. The van der Waals surface area contributed by atoms with Gasteiger partial charge in [0.1, 0.15) is 0 Å². The summed E-state index contributed by atoms with van der Waals surface area (Å²) in [6.45, 7) is 4.09. The smallest absolute Gasteiger partial charge is 0.226 e. The highest BCUT2D eigenvalue weighted by Crippen LogP contribution is 2.13. The summed E-state index contributed by atoms with van der Waals surface area (Å²) in [7, 11) is 0. The summed E-state index contributed by atoms with van der Waals surface area (Å²) in [6.07, 6.45) is 1.46. The Labute approximate surface area is 118 Å². The molecule has 2 N–H and O–H groups in total. The van der Waals surface area contributed by atoms with Crippen LogP contribution in [0, 0.1) is 5.92 Å². The second kappa shape index (κ2) is 7.34. The number of carbonyl (C=O) groups excluding carboxylic acids is 1. The van der Waals surface area contributed by atoms with E-state index >= 15 is 0 Å². The van der Waals surface area contributed by atoms with E-state index in [2.05, 4.69) is 17.6 Å². The van der Waals surface area contributed by atoms with Gasteiger partial charge in [-0.2, -0.15) is 0 Å². The summed E-state index contributed by atoms with van der Waals surface area (Å²) in [4.78, 5) is 11.6. The Balaban J connectivity index is 2.42. The molecule has 1 aromatic carbocycles. The first kappa shape index (κ1) is 14.9. The number of halogens is 1. The summed E-state index contributed by atoms with van der Waals surface area (Å²) >= 11 is 10.8. The molecule has 0 fully saturated rings. The van der Waals surface area contributed by atoms with E-state index in [1.165, 1.54) is 0 Å². The van der Waals surface area contributed by atoms with Gasteiger partial charge in [-0.3, -0.25) is 4.79 Å². The molecule has 0 aliphatic carbocycles. The van der Waals surface area contributed by atoms with E-state index in [1.807, 2.05) is 6.92 Å². The van der Waals surface area contributed by atoms with E-state index in [0.717, 1.165) is 12.1 Å². The topological polar surface area (TPSA) is 41.1 Å². The number of carbonyl (C=O) groups is 1. The Hall–Kier alpha value is -1.13. The highest BCUT2D eigenvalue weighted by molar-refractivity contribution is 7.80. The molecule has 0 bridgehead atoms. The zero-order valence-electron chi connectivity index (χ0n) is 10.5. The standard InChI is InChI=1S/C13H17ClN2OS/c1-3-9(2)8-12(17)16-13(18)15-11-6-4-10(14)5-7-11/h4-7,9H,3,8H2,1-2H3,(H2,15,16,17,18)/t9-/m0/s1. The second-order valence-electron chi connectivity index (χ2n) is 4.23. The van der Waals surface area contributed by atoms with Crippen molar-refractivity contribution in [1.29, 1.82) is 0 Å². The van der Waals surface area contributed by atoms with E-state index in [9.17, 15) is 4.79 Å². The van der Waals surface area contributed by atoms with Crippen LogP contribution in [0.15, 0.2) is 24.3 Å². The predicted molar refractivity (Wildman–Crippen MR) is 79.9 cm³/mol. The third-order valence-corrected chi connectivity index (χ3v) is 3.04. The first-order chi connectivity index (χ1) is 8.51. The molecule has 1 rings (SSSR count). The molecule has 0 unspecified atom stereocenters. The fraction of sp³-hybridized carbons (Fsp3) is 0.385. The molecule has 0 aliphatic rings. The average molecular weight is 285 g/mol. The molecular formula is C13H17ClN2OS. The Kier molecular flexibility index (Phi) is 6.09. The predicted octanol–water partition coefficient (Wildman–Crippen LogP) is 3.59. The van der Waals surface area contributed by atoms with E-state index < -0.39 is 0 Å². The van der Waals surface area contributed by atoms with Gasteiger partial charge in [-0.1, -0.05) is 31.9 Å². The van der Waals surface area contributed by atoms with Gasteiger partial charge >= 0.3 is 0 Å². The number of anilines is 1. The van der Waals surface area contributed by atoms with Gasteiger partial charge in [0, 0.05) is 17.1 Å². The molecule has 1 aromatic rings. The lowest BCUT2D eigenvalue weighted by atomic mass is 10.1. The summed E-state index contributed by atoms with van der Waals surface area (Å²) in [5.74, 6) is 0.305. The van der Waals surface area contributed by atoms with Crippen LogP contribution in [0.25, 0.3) is 0 Å². The van der Waals surface area contributed by atoms with Crippen molar-refractivity contribution in [3.8, 4) is 0 Å². The fourth-order valence-corrected chi connectivity index (χ4v) is 1.69. The van der Waals surface area contributed by atoms with Crippen LogP contribution >= 0.6 is 23.8 Å². The van der Waals surface area contributed by atoms with E-state index in [-0.39, 0.29) is 5.91 Å². The van der Waals surface area contributed by atoms with Crippen molar-refractivity contribution in [1.82, 2.24) is 5.32 Å². The lowest BCUT2D eigenvalue weighted by molar-refractivity contribution is -0.120. The molecule has 18 heavy (non-hydrogen) atoms. The van der Waals surface area contributed by atoms with Crippen LogP contribution in [-0.2, 0) is 4.79 Å². The highest BCUT2D eigenvalue weighted by Gasteiger charge is 2.08. The van der Waals surface area contributed by atoms with Crippen LogP contribution < -0.4 is 10.6 Å². The number of nitrogens with one attached hydrogen (secondary N) is 2. The molecule has 0 aliphatic heterocycles. The van der Waals surface area contributed by atoms with Crippen molar-refractivity contribution in [3.63, 3.8) is 0 Å². The molecule has 98 valence electrons. The number of amides is 1. The van der Waals surface area contributed by atoms with Gasteiger partial charge in [0.05, 0.1) is 0 Å². The van der Waals surface area contributed by atoms with Gasteiger partial charge in [-0.05, 0) is 42.4 Å². The summed E-state index contributed by atoms with van der Waals surface area (Å²) in [5, 5.41) is 6.56. The van der Waals surface area contributed by atoms with Crippen LogP contribution in [0.1, 0.15) is 26.7 Å². The molecule has 0 aromatic heterocycles. The van der Waals surface area contributed by atoms with Gasteiger partial charge < -0.3 is 10.6 Å². The van der Waals surface area contributed by atoms with Crippen LogP contribution in [0.3, 0.4) is 0 Å². The molecule has 0 saturated carbocycles. The van der Waals surface area contributed by atoms with Crippen LogP contribution in [-0.4, -0.2) is 11.0 Å². The number of thiocarbonyl (C=S) groups is 1. The maximum absolute atomic E-state index is 11.6. The van der Waals surface area contributed by atoms with Gasteiger partial charge in [0.15, 0.2) is 5.11 Å². The fourth-order valence-electron chi connectivity index (χ4n) is 1.33. The lowest BCUT2D eigenvalue weighted by Crippen LogP contribution is -2.34. The quantitative estimate of drug-likeness (QED) is 0.830. The van der Waals surface area contributed by atoms with Gasteiger partial charge in [0.25, 0.3) is 0 Å². The minimum atomic E-state index is -0.0594. The third kappa shape index (κ3) is 5.47. The lowest BCUT2D eigenvalue weighted by Gasteiger charge is -2.11. The van der Waals surface area contributed by atoms with E-state index in [4.69, 9.17) is 23.8 Å². The van der Waals surface area contributed by atoms with Crippen molar-refractivity contribution in [2.75, 3.05) is 5.32 Å². The average Bonchev–Trinajstić information content (AvgIpc) is 2.31. The molecule has 0 saturated heterocycles. The first-order valence-electron chi connectivity index (χ1n) is 5.87. The van der Waals surface area contributed by atoms with Crippen molar-refractivity contribution in [2.24, 2.45) is 5.92 Å². The van der Waals surface area contributed by atoms with Crippen molar-refractivity contribution >= 4 is 40.5 Å². The molecule has 3 nitrogen and oxygen atoms in total. The number of rotatable bonds is 4. The van der Waals surface area contributed by atoms with Gasteiger partial charge in [-0.25, -0.2) is 0 Å². The van der Waals surface area contributed by atoms with Crippen LogP contribution in [0.4, 0.5) is 5.69 Å². The SMILES string of the molecule is CC[C@H](C)CC(=O)NC(=S)Nc1ccc(Cl)cc1. The summed E-state index contributed by atoms with van der Waals surface area (Å²) in [5.41, 5.74) is 0.799. The maximum atomic E-state index is 11.6. The largest absolute Gasteiger partial charge is 0.332 e. The minimum absolute atomic E-state index is 0.0594. The maximum Gasteiger partial charge on any atom is 0.226 e. The molecule has 0 radical (unpaired) electrons. The summed E-state index contributed by atoms with van der Waals surface area (Å²) in [6, 6.07) is 7.12. The number of hydrogen-bond donors (Lipinski definition) is 2. The van der Waals surface area contributed by atoms with E-state index in [0.29, 0.717) is 22.5 Å². The Morgan fingerprint density at radius 3 is 2.56 bits per heavy atom. The summed E-state index contributed by atoms with van der Waals surface area (Å²) < 4.78 is 0. The third-order valence-electron chi connectivity index (χ3n) is 2.59. The first-order valence-corrected chi connectivity index (χ1v) is 6.66. The zero-order valence-corrected chi connectivity index (χ0v) is 12.1. The van der Waals surface area contributed by atoms with Gasteiger partial charge in [-0.15, -0.1) is 0 Å². The highest BCUT2D eigenvalue weighted by atomic mass is 35.5. The van der Waals surface area contributed by atoms with E-state index in [1.54, 1.807) is 24.3 Å². The number of hydrogen-bond acceptors (Lipinski definition) is 2.